The number of aromatic nitrogens is 4. The van der Waals surface area contributed by atoms with Crippen molar-refractivity contribution in [3.05, 3.63) is 41.8 Å². The Morgan fingerprint density at radius 2 is 2.08 bits per heavy atom. The minimum absolute atomic E-state index is 0.260. The van der Waals surface area contributed by atoms with Crippen LogP contribution in [-0.2, 0) is 21.4 Å². The summed E-state index contributed by atoms with van der Waals surface area (Å²) >= 11 is 0. The molecule has 10 nitrogen and oxygen atoms in total. The summed E-state index contributed by atoms with van der Waals surface area (Å²) < 4.78 is 19.4. The van der Waals surface area contributed by atoms with Gasteiger partial charge >= 0.3 is 6.09 Å². The Morgan fingerprint density at radius 1 is 1.24 bits per heavy atom. The zero-order valence-corrected chi connectivity index (χ0v) is 22.1. The van der Waals surface area contributed by atoms with Crippen molar-refractivity contribution >= 4 is 17.1 Å². The van der Waals surface area contributed by atoms with Gasteiger partial charge < -0.3 is 23.5 Å². The summed E-state index contributed by atoms with van der Waals surface area (Å²) in [6.45, 7) is 7.32. The van der Waals surface area contributed by atoms with Crippen molar-refractivity contribution < 1.29 is 18.8 Å². The number of hydrogen-bond donors (Lipinski definition) is 0. The highest BCUT2D eigenvalue weighted by Gasteiger charge is 2.49. The standard InChI is InChI=1S/C28H34N6O4/c1-27(2,25-31-24(32-38-25)21-7-10-36-11-8-21)16-34-17-28(37-26(34)35)9-3-4-20(13-28)15-33-18-30-22-6-5-19(14-29)12-23(22)33/h5-6,12,18,20-21H,3-4,7-11,13,15-17H2,1-2H3/t20-,28?/m0/s1. The Morgan fingerprint density at radius 3 is 2.89 bits per heavy atom. The molecule has 10 heteroatoms. The number of carbonyl (C=O) groups is 1. The van der Waals surface area contributed by atoms with Crippen molar-refractivity contribution in [2.75, 3.05) is 26.3 Å². The third kappa shape index (κ3) is 4.75. The molecule has 6 rings (SSSR count). The second-order valence-corrected chi connectivity index (χ2v) is 11.8. The Bertz CT molecular complexity index is 1370. The monoisotopic (exact) mass is 518 g/mol. The number of imidazole rings is 1. The quantitative estimate of drug-likeness (QED) is 0.466. The molecule has 2 atom stereocenters. The second kappa shape index (κ2) is 9.70. The van der Waals surface area contributed by atoms with Crippen molar-refractivity contribution in [1.82, 2.24) is 24.6 Å². The number of hydrogen-bond acceptors (Lipinski definition) is 8. The highest BCUT2D eigenvalue weighted by Crippen LogP contribution is 2.41. The minimum atomic E-state index is -0.497. The van der Waals surface area contributed by atoms with Crippen LogP contribution in [0.15, 0.2) is 29.0 Å². The molecule has 3 aromatic rings. The van der Waals surface area contributed by atoms with E-state index in [9.17, 15) is 10.1 Å². The number of nitriles is 1. The van der Waals surface area contributed by atoms with Crippen LogP contribution in [0.25, 0.3) is 11.0 Å². The van der Waals surface area contributed by atoms with Crippen molar-refractivity contribution in [3.8, 4) is 6.07 Å². The van der Waals surface area contributed by atoms with Crippen molar-refractivity contribution in [1.29, 1.82) is 5.26 Å². The first-order chi connectivity index (χ1) is 18.3. The van der Waals surface area contributed by atoms with Gasteiger partial charge in [0.25, 0.3) is 0 Å². The van der Waals surface area contributed by atoms with Gasteiger partial charge in [0.05, 0.1) is 41.0 Å². The van der Waals surface area contributed by atoms with Gasteiger partial charge in [-0.05, 0) is 76.5 Å². The van der Waals surface area contributed by atoms with Crippen LogP contribution in [0.4, 0.5) is 4.79 Å². The van der Waals surface area contributed by atoms with Gasteiger partial charge in [0, 0.05) is 32.2 Å². The topological polar surface area (TPSA) is 119 Å². The first-order valence-corrected chi connectivity index (χ1v) is 13.6. The molecule has 3 fully saturated rings. The molecular formula is C28H34N6O4. The summed E-state index contributed by atoms with van der Waals surface area (Å²) in [6, 6.07) is 7.79. The number of nitrogens with zero attached hydrogens (tertiary/aromatic N) is 6. The van der Waals surface area contributed by atoms with Gasteiger partial charge in [0.15, 0.2) is 5.82 Å². The molecule has 200 valence electrons. The largest absolute Gasteiger partial charge is 0.441 e. The molecule has 0 bridgehead atoms. The highest BCUT2D eigenvalue weighted by molar-refractivity contribution is 5.77. The lowest BCUT2D eigenvalue weighted by atomic mass is 9.77. The van der Waals surface area contributed by atoms with E-state index in [1.807, 2.05) is 37.2 Å². The molecule has 2 aliphatic heterocycles. The van der Waals surface area contributed by atoms with E-state index in [-0.39, 0.29) is 12.0 Å². The zero-order valence-electron chi connectivity index (χ0n) is 22.1. The van der Waals surface area contributed by atoms with Gasteiger partial charge in [-0.2, -0.15) is 10.2 Å². The van der Waals surface area contributed by atoms with E-state index in [0.717, 1.165) is 75.1 Å². The fraction of sp³-hybridized carbons (Fsp3) is 0.607. The third-order valence-corrected chi connectivity index (χ3v) is 8.34. The number of fused-ring (bicyclic) bond motifs is 1. The normalized spacial score (nSPS) is 24.7. The lowest BCUT2D eigenvalue weighted by Gasteiger charge is -2.36. The first-order valence-electron chi connectivity index (χ1n) is 13.6. The summed E-state index contributed by atoms with van der Waals surface area (Å²) in [5.41, 5.74) is 1.50. The predicted octanol–water partition coefficient (Wildman–Crippen LogP) is 4.54. The van der Waals surface area contributed by atoms with Gasteiger partial charge in [0.2, 0.25) is 5.89 Å². The van der Waals surface area contributed by atoms with E-state index in [1.165, 1.54) is 0 Å². The van der Waals surface area contributed by atoms with Gasteiger partial charge in [-0.1, -0.05) is 5.16 Å². The number of ether oxygens (including phenoxy) is 2. The molecule has 1 spiro atoms. The SMILES string of the molecule is CC(C)(CN1CC2(CCC[C@H](Cn3cnc4ccc(C#N)cc43)C2)OC1=O)c1nc(C2CCOCC2)no1. The Hall–Kier alpha value is -3.45. The summed E-state index contributed by atoms with van der Waals surface area (Å²) in [4.78, 5) is 24.1. The molecule has 1 aromatic carbocycles. The molecule has 1 aliphatic carbocycles. The average Bonchev–Trinajstić information content (AvgIpc) is 3.63. The van der Waals surface area contributed by atoms with Gasteiger partial charge in [0.1, 0.15) is 5.60 Å². The maximum Gasteiger partial charge on any atom is 0.410 e. The summed E-state index contributed by atoms with van der Waals surface area (Å²) in [7, 11) is 0. The maximum absolute atomic E-state index is 13.1. The predicted molar refractivity (Wildman–Crippen MR) is 137 cm³/mol. The number of amides is 1. The molecule has 2 aromatic heterocycles. The van der Waals surface area contributed by atoms with Crippen molar-refractivity contribution in [2.45, 2.75) is 75.9 Å². The fourth-order valence-corrected chi connectivity index (χ4v) is 6.38. The van der Waals surface area contributed by atoms with E-state index in [2.05, 4.69) is 20.8 Å². The van der Waals surface area contributed by atoms with E-state index in [0.29, 0.717) is 30.5 Å². The molecule has 0 N–H and O–H groups in total. The summed E-state index contributed by atoms with van der Waals surface area (Å²) in [6.07, 6.45) is 7.12. The van der Waals surface area contributed by atoms with Crippen LogP contribution in [0.2, 0.25) is 0 Å². The average molecular weight is 519 g/mol. The van der Waals surface area contributed by atoms with E-state index < -0.39 is 11.0 Å². The summed E-state index contributed by atoms with van der Waals surface area (Å²) in [5, 5.41) is 13.6. The molecule has 38 heavy (non-hydrogen) atoms. The molecule has 1 amide bonds. The molecule has 2 saturated heterocycles. The third-order valence-electron chi connectivity index (χ3n) is 8.34. The van der Waals surface area contributed by atoms with Crippen LogP contribution in [0.1, 0.15) is 75.6 Å². The fourth-order valence-electron chi connectivity index (χ4n) is 6.38. The van der Waals surface area contributed by atoms with Crippen LogP contribution in [0, 0.1) is 17.2 Å². The molecule has 3 aliphatic rings. The van der Waals surface area contributed by atoms with E-state index in [4.69, 9.17) is 19.0 Å². The van der Waals surface area contributed by atoms with Gasteiger partial charge in [-0.3, -0.25) is 0 Å². The Kier molecular flexibility index (Phi) is 6.34. The van der Waals surface area contributed by atoms with Crippen molar-refractivity contribution in [3.63, 3.8) is 0 Å². The van der Waals surface area contributed by atoms with Crippen LogP contribution in [0.3, 0.4) is 0 Å². The lowest BCUT2D eigenvalue weighted by molar-refractivity contribution is 0.00413. The van der Waals surface area contributed by atoms with Gasteiger partial charge in [-0.15, -0.1) is 0 Å². The Balaban J connectivity index is 1.12. The van der Waals surface area contributed by atoms with Crippen LogP contribution >= 0.6 is 0 Å². The number of rotatable bonds is 6. The van der Waals surface area contributed by atoms with Gasteiger partial charge in [-0.25, -0.2) is 9.78 Å². The lowest BCUT2D eigenvalue weighted by Crippen LogP contribution is -2.43. The molecule has 4 heterocycles. The summed E-state index contributed by atoms with van der Waals surface area (Å²) in [5.74, 6) is 1.90. The zero-order chi connectivity index (χ0) is 26.3. The van der Waals surface area contributed by atoms with Crippen LogP contribution in [0.5, 0.6) is 0 Å². The minimum Gasteiger partial charge on any atom is -0.441 e. The Labute approximate surface area is 221 Å². The first kappa shape index (κ1) is 24.9. The maximum atomic E-state index is 13.1. The van der Waals surface area contributed by atoms with Crippen LogP contribution in [-0.4, -0.2) is 62.6 Å². The smallest absolute Gasteiger partial charge is 0.410 e. The molecule has 1 unspecified atom stereocenters. The van der Waals surface area contributed by atoms with E-state index in [1.54, 1.807) is 6.07 Å². The molecule has 1 saturated carbocycles. The highest BCUT2D eigenvalue weighted by atomic mass is 16.6. The van der Waals surface area contributed by atoms with E-state index >= 15 is 0 Å². The van der Waals surface area contributed by atoms with Crippen molar-refractivity contribution in [2.24, 2.45) is 5.92 Å². The number of carbonyl (C=O) groups excluding carboxylic acids is 1. The number of benzene rings is 1. The van der Waals surface area contributed by atoms with Crippen LogP contribution < -0.4 is 0 Å². The molecular weight excluding hydrogens is 484 g/mol. The second-order valence-electron chi connectivity index (χ2n) is 11.8. The molecule has 0 radical (unpaired) electrons.